The lowest BCUT2D eigenvalue weighted by molar-refractivity contribution is -0.143. The van der Waals surface area contributed by atoms with Crippen LogP contribution in [0.15, 0.2) is 54.2 Å². The molecule has 1 saturated heterocycles. The fraction of sp³-hybridized carbons (Fsp3) is 0.320. The molecule has 1 saturated carbocycles. The van der Waals surface area contributed by atoms with Gasteiger partial charge in [0.2, 0.25) is 5.95 Å². The maximum Gasteiger partial charge on any atom is 0.258 e. The van der Waals surface area contributed by atoms with Crippen LogP contribution in [0.3, 0.4) is 0 Å². The molecule has 4 heterocycles. The van der Waals surface area contributed by atoms with Gasteiger partial charge in [0.25, 0.3) is 5.91 Å². The summed E-state index contributed by atoms with van der Waals surface area (Å²) >= 11 is 1.48. The molecule has 0 radical (unpaired) electrons. The second kappa shape index (κ2) is 8.54. The number of thiazole rings is 1. The van der Waals surface area contributed by atoms with E-state index >= 15 is 0 Å². The highest BCUT2D eigenvalue weighted by Gasteiger charge is 2.45. The molecule has 0 spiro atoms. The first-order valence-corrected chi connectivity index (χ1v) is 12.5. The van der Waals surface area contributed by atoms with E-state index < -0.39 is 5.60 Å². The SMILES string of the molecule is CN1CC[C@@](O)(c2cccc(-c3csc(-c4ccnc(Nc5ccn(CC6CC6)n5)n4)n3)c2)C1=O. The molecule has 0 unspecified atom stereocenters. The molecule has 3 aromatic heterocycles. The first kappa shape index (κ1) is 21.9. The third-order valence-corrected chi connectivity index (χ3v) is 7.41. The van der Waals surface area contributed by atoms with Crippen molar-refractivity contribution in [3.8, 4) is 22.0 Å². The van der Waals surface area contributed by atoms with Crippen molar-refractivity contribution in [1.29, 1.82) is 0 Å². The summed E-state index contributed by atoms with van der Waals surface area (Å²) in [7, 11) is 1.71. The summed E-state index contributed by atoms with van der Waals surface area (Å²) in [4.78, 5) is 27.8. The van der Waals surface area contributed by atoms with E-state index in [0.717, 1.165) is 28.7 Å². The fourth-order valence-corrected chi connectivity index (χ4v) is 5.13. The number of nitrogens with zero attached hydrogens (tertiary/aromatic N) is 6. The van der Waals surface area contributed by atoms with Crippen LogP contribution in [0.1, 0.15) is 24.8 Å². The molecule has 1 aliphatic carbocycles. The molecule has 0 bridgehead atoms. The molecule has 6 rings (SSSR count). The lowest BCUT2D eigenvalue weighted by Crippen LogP contribution is -2.36. The average Bonchev–Trinajstić information content (AvgIpc) is 3.25. The highest BCUT2D eigenvalue weighted by molar-refractivity contribution is 7.13. The molecule has 9 nitrogen and oxygen atoms in total. The summed E-state index contributed by atoms with van der Waals surface area (Å²) in [5.41, 5.74) is 1.42. The third kappa shape index (κ3) is 4.30. The molecule has 4 aromatic rings. The number of aromatic nitrogens is 5. The molecule has 2 N–H and O–H groups in total. The van der Waals surface area contributed by atoms with E-state index in [1.54, 1.807) is 24.2 Å². The Bertz CT molecular complexity index is 1400. The minimum Gasteiger partial charge on any atom is -0.375 e. The van der Waals surface area contributed by atoms with Crippen molar-refractivity contribution in [1.82, 2.24) is 29.6 Å². The minimum atomic E-state index is -1.48. The van der Waals surface area contributed by atoms with Crippen LogP contribution < -0.4 is 5.32 Å². The van der Waals surface area contributed by atoms with Crippen LogP contribution in [0, 0.1) is 5.92 Å². The number of carbonyl (C=O) groups excluding carboxylic acids is 1. The number of aliphatic hydroxyl groups is 1. The van der Waals surface area contributed by atoms with Gasteiger partial charge in [-0.2, -0.15) is 5.10 Å². The van der Waals surface area contributed by atoms with Crippen molar-refractivity contribution >= 4 is 29.0 Å². The number of rotatable bonds is 7. The molecule has 2 fully saturated rings. The first-order chi connectivity index (χ1) is 17.0. The van der Waals surface area contributed by atoms with Gasteiger partial charge in [-0.25, -0.2) is 15.0 Å². The molecule has 1 atom stereocenters. The summed E-state index contributed by atoms with van der Waals surface area (Å²) in [6.07, 6.45) is 6.61. The number of nitrogens with one attached hydrogen (secondary N) is 1. The van der Waals surface area contributed by atoms with Gasteiger partial charge in [0.1, 0.15) is 10.7 Å². The highest BCUT2D eigenvalue weighted by atomic mass is 32.1. The second-order valence-electron chi connectivity index (χ2n) is 9.21. The number of hydrogen-bond acceptors (Lipinski definition) is 8. The topological polar surface area (TPSA) is 109 Å². The monoisotopic (exact) mass is 487 g/mol. The maximum atomic E-state index is 12.5. The summed E-state index contributed by atoms with van der Waals surface area (Å²) in [5, 5.41) is 21.5. The number of benzene rings is 1. The molecular weight excluding hydrogens is 462 g/mol. The van der Waals surface area contributed by atoms with Crippen LogP contribution in [0.4, 0.5) is 11.8 Å². The molecule has 10 heteroatoms. The Labute approximate surface area is 206 Å². The Balaban J connectivity index is 1.21. The van der Waals surface area contributed by atoms with E-state index in [1.165, 1.54) is 24.2 Å². The van der Waals surface area contributed by atoms with Crippen molar-refractivity contribution < 1.29 is 9.90 Å². The zero-order chi connectivity index (χ0) is 24.0. The van der Waals surface area contributed by atoms with Gasteiger partial charge in [-0.05, 0) is 36.5 Å². The van der Waals surface area contributed by atoms with Crippen LogP contribution in [-0.2, 0) is 16.9 Å². The van der Waals surface area contributed by atoms with Crippen molar-refractivity contribution in [3.63, 3.8) is 0 Å². The Kier molecular flexibility index (Phi) is 5.34. The molecule has 35 heavy (non-hydrogen) atoms. The van der Waals surface area contributed by atoms with E-state index in [-0.39, 0.29) is 5.91 Å². The van der Waals surface area contributed by atoms with Crippen molar-refractivity contribution in [2.45, 2.75) is 31.4 Å². The number of likely N-dealkylation sites (tertiary alicyclic amines) is 1. The predicted octanol–water partition coefficient (Wildman–Crippen LogP) is 3.67. The average molecular weight is 488 g/mol. The summed E-state index contributed by atoms with van der Waals surface area (Å²) in [5.74, 6) is 1.66. The van der Waals surface area contributed by atoms with Gasteiger partial charge in [-0.1, -0.05) is 18.2 Å². The van der Waals surface area contributed by atoms with E-state index in [9.17, 15) is 9.90 Å². The van der Waals surface area contributed by atoms with Crippen molar-refractivity contribution in [2.75, 3.05) is 18.9 Å². The molecular formula is C25H25N7O2S. The minimum absolute atomic E-state index is 0.271. The Hall–Kier alpha value is -3.63. The summed E-state index contributed by atoms with van der Waals surface area (Å²) in [6.45, 7) is 1.49. The molecule has 1 amide bonds. The predicted molar refractivity (Wildman–Crippen MR) is 133 cm³/mol. The first-order valence-electron chi connectivity index (χ1n) is 11.7. The normalized spacial score (nSPS) is 19.9. The van der Waals surface area contributed by atoms with Crippen LogP contribution >= 0.6 is 11.3 Å². The quantitative estimate of drug-likeness (QED) is 0.409. The largest absolute Gasteiger partial charge is 0.375 e. The van der Waals surface area contributed by atoms with Gasteiger partial charge in [-0.3, -0.25) is 9.48 Å². The highest BCUT2D eigenvalue weighted by Crippen LogP contribution is 2.36. The Morgan fingerprint density at radius 3 is 2.89 bits per heavy atom. The number of likely N-dealkylation sites (N-methyl/N-ethyl adjacent to an activating group) is 1. The van der Waals surface area contributed by atoms with Crippen LogP contribution in [0.25, 0.3) is 22.0 Å². The van der Waals surface area contributed by atoms with E-state index in [1.807, 2.05) is 46.6 Å². The number of amides is 1. The maximum absolute atomic E-state index is 12.5. The molecule has 1 aromatic carbocycles. The zero-order valence-corrected chi connectivity index (χ0v) is 20.1. The van der Waals surface area contributed by atoms with Crippen LogP contribution in [0.2, 0.25) is 0 Å². The lowest BCUT2D eigenvalue weighted by Gasteiger charge is -2.21. The Morgan fingerprint density at radius 2 is 2.09 bits per heavy atom. The molecule has 1 aliphatic heterocycles. The molecule has 178 valence electrons. The van der Waals surface area contributed by atoms with Gasteiger partial charge in [0, 0.05) is 56.0 Å². The smallest absolute Gasteiger partial charge is 0.258 e. The lowest BCUT2D eigenvalue weighted by atomic mass is 9.90. The van der Waals surface area contributed by atoms with Crippen LogP contribution in [-0.4, -0.2) is 54.2 Å². The van der Waals surface area contributed by atoms with Gasteiger partial charge >= 0.3 is 0 Å². The fourth-order valence-electron chi connectivity index (χ4n) is 4.33. The van der Waals surface area contributed by atoms with Crippen LogP contribution in [0.5, 0.6) is 0 Å². The van der Waals surface area contributed by atoms with Gasteiger partial charge in [0.05, 0.1) is 5.69 Å². The number of anilines is 2. The molecule has 2 aliphatic rings. The van der Waals surface area contributed by atoms with E-state index in [0.29, 0.717) is 36.0 Å². The standard InChI is InChI=1S/C25H25N7O2S/c1-31-12-9-25(34,23(31)33)18-4-2-3-17(13-18)20-15-35-22(27-20)19-7-10-26-24(28-19)29-21-8-11-32(30-21)14-16-5-6-16/h2-4,7-8,10-11,13,15-16,34H,5-6,9,12,14H2,1H3,(H,26,28,29,30)/t25-/m1/s1. The van der Waals surface area contributed by atoms with Gasteiger partial charge in [-0.15, -0.1) is 11.3 Å². The number of hydrogen-bond donors (Lipinski definition) is 2. The zero-order valence-electron chi connectivity index (χ0n) is 19.3. The second-order valence-corrected chi connectivity index (χ2v) is 10.1. The Morgan fingerprint density at radius 1 is 1.20 bits per heavy atom. The van der Waals surface area contributed by atoms with Crippen molar-refractivity contribution in [3.05, 3.63) is 59.7 Å². The number of carbonyl (C=O) groups is 1. The van der Waals surface area contributed by atoms with Gasteiger partial charge < -0.3 is 15.3 Å². The van der Waals surface area contributed by atoms with E-state index in [4.69, 9.17) is 4.98 Å². The van der Waals surface area contributed by atoms with Crippen molar-refractivity contribution in [2.24, 2.45) is 5.92 Å². The third-order valence-electron chi connectivity index (χ3n) is 6.55. The summed E-state index contributed by atoms with van der Waals surface area (Å²) < 4.78 is 1.96. The van der Waals surface area contributed by atoms with E-state index in [2.05, 4.69) is 20.4 Å². The summed E-state index contributed by atoms with van der Waals surface area (Å²) in [6, 6.07) is 11.2. The van der Waals surface area contributed by atoms with Gasteiger partial charge in [0.15, 0.2) is 11.4 Å².